The number of hydrogen-bond acceptors (Lipinski definition) is 2. The van der Waals surface area contributed by atoms with Gasteiger partial charge in [-0.05, 0) is 25.5 Å². The molecule has 1 heterocycles. The Morgan fingerprint density at radius 1 is 1.21 bits per heavy atom. The Kier molecular flexibility index (Phi) is 5.43. The topological polar surface area (TPSA) is 46.3 Å². The summed E-state index contributed by atoms with van der Waals surface area (Å²) >= 11 is 13.2. The second-order valence-corrected chi connectivity index (χ2v) is 8.45. The molecule has 4 unspecified atom stereocenters. The summed E-state index contributed by atoms with van der Waals surface area (Å²) in [6, 6.07) is 10.0. The van der Waals surface area contributed by atoms with Crippen LogP contribution in [-0.4, -0.2) is 41.2 Å². The molecule has 1 amide bonds. The molecule has 3 nitrogen and oxygen atoms in total. The lowest BCUT2D eigenvalue weighted by molar-refractivity contribution is -0.125. The van der Waals surface area contributed by atoms with Crippen LogP contribution in [0.1, 0.15) is 43.6 Å². The molecule has 2 N–H and O–H groups in total. The van der Waals surface area contributed by atoms with Gasteiger partial charge in [-0.2, -0.15) is 0 Å². The minimum atomic E-state index is -0.324. The highest BCUT2D eigenvalue weighted by Gasteiger charge is 2.56. The van der Waals surface area contributed by atoms with Crippen molar-refractivity contribution < 1.29 is 4.79 Å². The van der Waals surface area contributed by atoms with Crippen molar-refractivity contribution in [2.24, 2.45) is 11.1 Å². The van der Waals surface area contributed by atoms with Crippen LogP contribution in [0.5, 0.6) is 0 Å². The number of likely N-dealkylation sites (tertiary alicyclic amines) is 1. The Labute approximate surface area is 154 Å². The number of alkyl halides is 2. The van der Waals surface area contributed by atoms with Crippen LogP contribution in [-0.2, 0) is 4.79 Å². The van der Waals surface area contributed by atoms with Gasteiger partial charge >= 0.3 is 0 Å². The molecular weight excluding hydrogens is 343 g/mol. The smallest absolute Gasteiger partial charge is 0.225 e. The number of nitrogens with zero attached hydrogens (tertiary/aromatic N) is 1. The average molecular weight is 369 g/mol. The Bertz CT molecular complexity index is 574. The SMILES string of the molecule is CN1CC(Cl)C(Cl)C1C1(C(C(N)=O)c2ccccc2)CCCCC1. The van der Waals surface area contributed by atoms with E-state index < -0.39 is 0 Å². The molecule has 1 saturated carbocycles. The van der Waals surface area contributed by atoms with Gasteiger partial charge in [-0.15, -0.1) is 23.2 Å². The number of primary amides is 1. The Hall–Kier alpha value is -0.770. The second kappa shape index (κ2) is 7.23. The van der Waals surface area contributed by atoms with E-state index in [2.05, 4.69) is 11.9 Å². The summed E-state index contributed by atoms with van der Waals surface area (Å²) in [5.41, 5.74) is 6.71. The van der Waals surface area contributed by atoms with Gasteiger partial charge in [0.25, 0.3) is 0 Å². The summed E-state index contributed by atoms with van der Waals surface area (Å²) in [7, 11) is 2.07. The van der Waals surface area contributed by atoms with Gasteiger partial charge in [0, 0.05) is 18.0 Å². The lowest BCUT2D eigenvalue weighted by Crippen LogP contribution is -2.54. The molecule has 1 aliphatic carbocycles. The molecule has 1 aromatic rings. The van der Waals surface area contributed by atoms with Gasteiger partial charge in [0.05, 0.1) is 16.7 Å². The zero-order valence-electron chi connectivity index (χ0n) is 14.1. The van der Waals surface area contributed by atoms with E-state index in [1.165, 1.54) is 6.42 Å². The van der Waals surface area contributed by atoms with Gasteiger partial charge in [0.15, 0.2) is 0 Å². The number of hydrogen-bond donors (Lipinski definition) is 1. The second-order valence-electron chi connectivity index (χ2n) is 7.38. The van der Waals surface area contributed by atoms with E-state index >= 15 is 0 Å². The van der Waals surface area contributed by atoms with Gasteiger partial charge < -0.3 is 5.73 Å². The summed E-state index contributed by atoms with van der Waals surface area (Å²) in [6.07, 6.45) is 5.36. The Balaban J connectivity index is 2.09. The molecule has 1 saturated heterocycles. The molecular formula is C19H26Cl2N2O. The van der Waals surface area contributed by atoms with Gasteiger partial charge in [0.2, 0.25) is 5.91 Å². The van der Waals surface area contributed by atoms with Crippen molar-refractivity contribution in [1.29, 1.82) is 0 Å². The normalized spacial score (nSPS) is 31.7. The highest BCUT2D eigenvalue weighted by molar-refractivity contribution is 6.31. The summed E-state index contributed by atoms with van der Waals surface area (Å²) in [5.74, 6) is -0.576. The monoisotopic (exact) mass is 368 g/mol. The van der Waals surface area contributed by atoms with Gasteiger partial charge in [-0.3, -0.25) is 9.69 Å². The zero-order chi connectivity index (χ0) is 17.3. The number of carbonyl (C=O) groups is 1. The fraction of sp³-hybridized carbons (Fsp3) is 0.632. The Morgan fingerprint density at radius 3 is 2.33 bits per heavy atom. The summed E-state index contributed by atoms with van der Waals surface area (Å²) < 4.78 is 0. The number of amides is 1. The van der Waals surface area contributed by atoms with Crippen molar-refractivity contribution in [2.45, 2.75) is 54.8 Å². The third kappa shape index (κ3) is 3.07. The molecule has 0 bridgehead atoms. The van der Waals surface area contributed by atoms with Crippen LogP contribution in [0.15, 0.2) is 30.3 Å². The fourth-order valence-electron chi connectivity index (χ4n) is 5.08. The minimum absolute atomic E-state index is 0.0691. The van der Waals surface area contributed by atoms with Crippen LogP contribution in [0.25, 0.3) is 0 Å². The highest BCUT2D eigenvalue weighted by Crippen LogP contribution is 2.54. The molecule has 1 aromatic carbocycles. The van der Waals surface area contributed by atoms with E-state index in [-0.39, 0.29) is 34.0 Å². The molecule has 0 spiro atoms. The third-order valence-electron chi connectivity index (χ3n) is 5.95. The van der Waals surface area contributed by atoms with E-state index in [4.69, 9.17) is 28.9 Å². The lowest BCUT2D eigenvalue weighted by atomic mass is 9.59. The summed E-state index contributed by atoms with van der Waals surface area (Å²) in [6.45, 7) is 0.752. The van der Waals surface area contributed by atoms with Crippen LogP contribution in [0.3, 0.4) is 0 Å². The maximum absolute atomic E-state index is 12.6. The molecule has 4 atom stereocenters. The van der Waals surface area contributed by atoms with Crippen molar-refractivity contribution in [2.75, 3.05) is 13.6 Å². The van der Waals surface area contributed by atoms with E-state index in [1.807, 2.05) is 30.3 Å². The molecule has 2 aliphatic rings. The molecule has 0 aromatic heterocycles. The summed E-state index contributed by atoms with van der Waals surface area (Å²) in [5, 5.41) is -0.259. The van der Waals surface area contributed by atoms with E-state index in [0.717, 1.165) is 37.8 Å². The van der Waals surface area contributed by atoms with Crippen LogP contribution in [0, 0.1) is 5.41 Å². The molecule has 0 radical (unpaired) electrons. The van der Waals surface area contributed by atoms with Gasteiger partial charge in [0.1, 0.15) is 0 Å². The average Bonchev–Trinajstić information content (AvgIpc) is 2.82. The van der Waals surface area contributed by atoms with Crippen molar-refractivity contribution >= 4 is 29.1 Å². The number of rotatable bonds is 4. The van der Waals surface area contributed by atoms with E-state index in [1.54, 1.807) is 0 Å². The molecule has 5 heteroatoms. The van der Waals surface area contributed by atoms with Crippen LogP contribution < -0.4 is 5.73 Å². The maximum atomic E-state index is 12.6. The van der Waals surface area contributed by atoms with Crippen molar-refractivity contribution in [1.82, 2.24) is 4.90 Å². The van der Waals surface area contributed by atoms with Gasteiger partial charge in [-0.25, -0.2) is 0 Å². The molecule has 1 aliphatic heterocycles. The van der Waals surface area contributed by atoms with E-state index in [9.17, 15) is 4.79 Å². The first kappa shape index (κ1) is 18.0. The van der Waals surface area contributed by atoms with Crippen LogP contribution in [0.4, 0.5) is 0 Å². The number of carbonyl (C=O) groups excluding carboxylic acids is 1. The molecule has 2 fully saturated rings. The van der Waals surface area contributed by atoms with Crippen molar-refractivity contribution in [3.05, 3.63) is 35.9 Å². The van der Waals surface area contributed by atoms with Crippen molar-refractivity contribution in [3.8, 4) is 0 Å². The molecule has 3 rings (SSSR count). The first-order valence-corrected chi connectivity index (χ1v) is 9.67. The number of nitrogens with two attached hydrogens (primary N) is 1. The predicted molar refractivity (Wildman–Crippen MR) is 99.6 cm³/mol. The van der Waals surface area contributed by atoms with Crippen LogP contribution in [0.2, 0.25) is 0 Å². The first-order valence-electron chi connectivity index (χ1n) is 8.80. The quantitative estimate of drug-likeness (QED) is 0.822. The highest BCUT2D eigenvalue weighted by atomic mass is 35.5. The lowest BCUT2D eigenvalue weighted by Gasteiger charge is -2.50. The maximum Gasteiger partial charge on any atom is 0.225 e. The van der Waals surface area contributed by atoms with Crippen molar-refractivity contribution in [3.63, 3.8) is 0 Å². The Morgan fingerprint density at radius 2 is 1.83 bits per heavy atom. The van der Waals surface area contributed by atoms with Crippen LogP contribution >= 0.6 is 23.2 Å². The number of benzene rings is 1. The molecule has 24 heavy (non-hydrogen) atoms. The summed E-state index contributed by atoms with van der Waals surface area (Å²) in [4.78, 5) is 14.8. The first-order chi connectivity index (χ1) is 11.5. The third-order valence-corrected chi connectivity index (χ3v) is 7.03. The zero-order valence-corrected chi connectivity index (χ0v) is 15.6. The van der Waals surface area contributed by atoms with E-state index in [0.29, 0.717) is 0 Å². The predicted octanol–water partition coefficient (Wildman–Crippen LogP) is 3.73. The minimum Gasteiger partial charge on any atom is -0.369 e. The molecule has 132 valence electrons. The van der Waals surface area contributed by atoms with Gasteiger partial charge in [-0.1, -0.05) is 49.6 Å². The standard InChI is InChI=1S/C19H26Cl2N2O/c1-23-12-14(20)16(21)17(23)19(10-6-3-7-11-19)15(18(22)24)13-8-4-2-5-9-13/h2,4-5,8-9,14-17H,3,6-7,10-12H2,1H3,(H2,22,24). The fourth-order valence-corrected chi connectivity index (χ4v) is 5.95. The largest absolute Gasteiger partial charge is 0.369 e. The number of halogens is 2.